The molecule has 2 heterocycles. The Hall–Kier alpha value is 0.540. The van der Waals surface area contributed by atoms with E-state index in [4.69, 9.17) is 0 Å². The van der Waals surface area contributed by atoms with Gasteiger partial charge < -0.3 is 0 Å². The molecule has 12 heavy (non-hydrogen) atoms. The summed E-state index contributed by atoms with van der Waals surface area (Å²) in [5.41, 5.74) is 0. The van der Waals surface area contributed by atoms with Crippen molar-refractivity contribution in [2.45, 2.75) is 19.6 Å². The largest absolute Gasteiger partial charge is 0.199 e. The summed E-state index contributed by atoms with van der Waals surface area (Å²) in [6.45, 7) is 0. The topological polar surface area (TPSA) is 27.6 Å². The molecule has 0 aliphatic carbocycles. The molecule has 0 atom stereocenters. The van der Waals surface area contributed by atoms with E-state index in [0.29, 0.717) is 0 Å². The number of hydrogen-bond donors (Lipinski definition) is 2. The molecule has 3 rings (SSSR count). The summed E-state index contributed by atoms with van der Waals surface area (Å²) in [6.07, 6.45) is 0. The number of hydrogen-bond acceptors (Lipinski definition) is 6. The molecule has 1 aromatic rings. The van der Waals surface area contributed by atoms with E-state index < -0.39 is 0 Å². The maximum Gasteiger partial charge on any atom is 0.180 e. The first-order valence-electron chi connectivity index (χ1n) is 3.29. The first kappa shape index (κ1) is 7.90. The van der Waals surface area contributed by atoms with Crippen LogP contribution < -0.4 is 8.25 Å². The minimum absolute atomic E-state index is 1.34. The fraction of sp³-hybridized carbons (Fsp3) is 0. The van der Waals surface area contributed by atoms with Crippen LogP contribution in [0.2, 0.25) is 0 Å². The van der Waals surface area contributed by atoms with Crippen LogP contribution in [0.4, 0.5) is 0 Å². The van der Waals surface area contributed by atoms with Crippen molar-refractivity contribution in [3.05, 3.63) is 12.1 Å². The van der Waals surface area contributed by atoms with Crippen molar-refractivity contribution in [2.75, 3.05) is 0 Å². The van der Waals surface area contributed by atoms with Gasteiger partial charge in [-0.25, -0.2) is 0 Å². The third-order valence-electron chi connectivity index (χ3n) is 1.62. The fourth-order valence-corrected chi connectivity index (χ4v) is 4.83. The van der Waals surface area contributed by atoms with Gasteiger partial charge >= 0.3 is 0 Å². The van der Waals surface area contributed by atoms with Crippen LogP contribution in [0.3, 0.4) is 0 Å². The lowest BCUT2D eigenvalue weighted by Gasteiger charge is -1.94. The van der Waals surface area contributed by atoms with E-state index in [9.17, 15) is 0 Å². The van der Waals surface area contributed by atoms with Gasteiger partial charge in [-0.3, -0.25) is 0 Å². The van der Waals surface area contributed by atoms with Crippen LogP contribution >= 0.6 is 47.8 Å². The molecular formula is C6H4N2S4+. The quantitative estimate of drug-likeness (QED) is 0.664. The van der Waals surface area contributed by atoms with Crippen LogP contribution in [-0.4, -0.2) is 0 Å². The normalized spacial score (nSPS) is 19.3. The van der Waals surface area contributed by atoms with E-state index in [2.05, 4.69) is 20.4 Å². The number of fused-ring (bicyclic) bond motifs is 2. The van der Waals surface area contributed by atoms with Crippen molar-refractivity contribution in [2.24, 2.45) is 0 Å². The van der Waals surface area contributed by atoms with Crippen LogP contribution in [-0.2, 0) is 0 Å². The minimum atomic E-state index is 1.34. The summed E-state index contributed by atoms with van der Waals surface area (Å²) in [7, 11) is 0. The van der Waals surface area contributed by atoms with Gasteiger partial charge in [0.1, 0.15) is 0 Å². The van der Waals surface area contributed by atoms with Crippen LogP contribution in [0.5, 0.6) is 0 Å². The highest BCUT2D eigenvalue weighted by Crippen LogP contribution is 2.43. The zero-order chi connectivity index (χ0) is 7.97. The highest BCUT2D eigenvalue weighted by Gasteiger charge is 2.26. The first-order valence-corrected chi connectivity index (χ1v) is 6.55. The molecule has 2 N–H and O–H groups in total. The maximum atomic E-state index is 3.18. The molecule has 1 aromatic carbocycles. The third kappa shape index (κ3) is 1.18. The molecular weight excluding hydrogens is 228 g/mol. The Labute approximate surface area is 87.6 Å². The summed E-state index contributed by atoms with van der Waals surface area (Å²) in [5.74, 6) is 0. The fourth-order valence-electron chi connectivity index (χ4n) is 1.06. The molecule has 1 radical (unpaired) electrons. The smallest absolute Gasteiger partial charge is 0.180 e. The van der Waals surface area contributed by atoms with E-state index in [1.54, 1.807) is 47.8 Å². The van der Waals surface area contributed by atoms with E-state index in [0.717, 1.165) is 0 Å². The average Bonchev–Trinajstić information content (AvgIpc) is 2.64. The molecule has 6 heteroatoms. The lowest BCUT2D eigenvalue weighted by Crippen LogP contribution is -2.62. The molecule has 0 aromatic heterocycles. The van der Waals surface area contributed by atoms with Crippen molar-refractivity contribution in [1.82, 2.24) is 4.13 Å². The molecule has 2 aliphatic rings. The zero-order valence-electron chi connectivity index (χ0n) is 5.79. The summed E-state index contributed by atoms with van der Waals surface area (Å²) in [4.78, 5) is 5.37. The van der Waals surface area contributed by atoms with Crippen LogP contribution in [0.1, 0.15) is 0 Å². The van der Waals surface area contributed by atoms with Crippen molar-refractivity contribution >= 4 is 47.8 Å². The molecule has 0 spiro atoms. The summed E-state index contributed by atoms with van der Waals surface area (Å²) in [6, 6.07) is 4.47. The number of benzene rings is 1. The van der Waals surface area contributed by atoms with Crippen molar-refractivity contribution in [1.29, 1.82) is 0 Å². The zero-order valence-corrected chi connectivity index (χ0v) is 9.05. The number of rotatable bonds is 0. The molecule has 0 fully saturated rings. The molecule has 0 saturated carbocycles. The van der Waals surface area contributed by atoms with Gasteiger partial charge in [-0.05, 0) is 40.2 Å². The Kier molecular flexibility index (Phi) is 2.00. The Morgan fingerprint density at radius 1 is 0.917 bits per heavy atom. The lowest BCUT2D eigenvalue weighted by molar-refractivity contribution is -0.264. The van der Waals surface area contributed by atoms with Crippen LogP contribution in [0, 0.1) is 0 Å². The molecule has 0 unspecified atom stereocenters. The predicted octanol–water partition coefficient (Wildman–Crippen LogP) is 1.68. The Morgan fingerprint density at radius 2 is 1.50 bits per heavy atom. The van der Waals surface area contributed by atoms with E-state index in [-0.39, 0.29) is 0 Å². The number of nitrogens with one attached hydrogen (secondary N) is 2. The first-order chi connectivity index (χ1) is 5.93. The van der Waals surface area contributed by atoms with Gasteiger partial charge in [0.2, 0.25) is 0 Å². The van der Waals surface area contributed by atoms with Crippen molar-refractivity contribution in [3.8, 4) is 0 Å². The molecule has 0 bridgehead atoms. The highest BCUT2D eigenvalue weighted by atomic mass is 32.2. The molecule has 61 valence electrons. The molecule has 2 aliphatic heterocycles. The van der Waals surface area contributed by atoms with Gasteiger partial charge in [0.15, 0.2) is 23.9 Å². The Morgan fingerprint density at radius 3 is 2.08 bits per heavy atom. The third-order valence-corrected chi connectivity index (χ3v) is 5.44. The van der Waals surface area contributed by atoms with E-state index in [1.165, 1.54) is 19.6 Å². The highest BCUT2D eigenvalue weighted by molar-refractivity contribution is 8.15. The molecule has 0 amide bonds. The van der Waals surface area contributed by atoms with Gasteiger partial charge in [0.25, 0.3) is 0 Å². The maximum absolute atomic E-state index is 3.18. The molecule has 0 saturated heterocycles. The van der Waals surface area contributed by atoms with Crippen LogP contribution in [0.15, 0.2) is 31.7 Å². The van der Waals surface area contributed by atoms with Gasteiger partial charge in [-0.15, -0.1) is 0 Å². The second kappa shape index (κ2) is 3.04. The van der Waals surface area contributed by atoms with Gasteiger partial charge in [-0.2, -0.15) is 4.13 Å². The summed E-state index contributed by atoms with van der Waals surface area (Å²) < 4.78 is 6.37. The average molecular weight is 232 g/mol. The Balaban J connectivity index is 2.18. The standard InChI is InChI=1S/C6H4N2S4/c1-3-5(11-7-9-3)2-6-4(1)10-8-12-6/h1-2,7-8H/q+1. The second-order valence-corrected chi connectivity index (χ2v) is 6.23. The minimum Gasteiger partial charge on any atom is -0.199 e. The Bertz CT molecular complexity index is 280. The van der Waals surface area contributed by atoms with Crippen molar-refractivity contribution < 1.29 is 4.13 Å². The van der Waals surface area contributed by atoms with Gasteiger partial charge in [0, 0.05) is 9.79 Å². The van der Waals surface area contributed by atoms with Gasteiger partial charge in [-0.1, -0.05) is 0 Å². The summed E-state index contributed by atoms with van der Waals surface area (Å²) >= 11 is 6.79. The second-order valence-electron chi connectivity index (χ2n) is 2.32. The molecule has 2 nitrogen and oxygen atoms in total. The summed E-state index contributed by atoms with van der Waals surface area (Å²) in [5, 5.41) is 0. The van der Waals surface area contributed by atoms with E-state index in [1.807, 2.05) is 0 Å². The van der Waals surface area contributed by atoms with E-state index >= 15 is 0 Å². The van der Waals surface area contributed by atoms with Crippen molar-refractivity contribution in [3.63, 3.8) is 0 Å². The lowest BCUT2D eigenvalue weighted by atomic mass is 10.3. The van der Waals surface area contributed by atoms with Crippen LogP contribution in [0.25, 0.3) is 0 Å². The predicted molar refractivity (Wildman–Crippen MR) is 54.0 cm³/mol. The van der Waals surface area contributed by atoms with Gasteiger partial charge in [0.05, 0.1) is 9.79 Å². The SMILES string of the molecule is c1c2c(cc3c1S[NH+]S3)SNS2. The monoisotopic (exact) mass is 232 g/mol.